The fourth-order valence-corrected chi connectivity index (χ4v) is 3.54. The lowest BCUT2D eigenvalue weighted by atomic mass is 10.2. The summed E-state index contributed by atoms with van der Waals surface area (Å²) in [6, 6.07) is 10.0. The van der Waals surface area contributed by atoms with Crippen molar-refractivity contribution in [3.8, 4) is 5.75 Å². The van der Waals surface area contributed by atoms with Crippen LogP contribution in [0.5, 0.6) is 5.75 Å². The van der Waals surface area contributed by atoms with E-state index < -0.39 is 10.0 Å². The lowest BCUT2D eigenvalue weighted by Gasteiger charge is -2.10. The van der Waals surface area contributed by atoms with Crippen molar-refractivity contribution in [3.05, 3.63) is 62.6 Å². The molecule has 2 rings (SSSR count). The van der Waals surface area contributed by atoms with Gasteiger partial charge in [0.2, 0.25) is 10.0 Å². The van der Waals surface area contributed by atoms with Gasteiger partial charge in [-0.05, 0) is 42.3 Å². The lowest BCUT2D eigenvalue weighted by Crippen LogP contribution is -2.29. The largest absolute Gasteiger partial charge is 0.492 e. The first-order chi connectivity index (χ1) is 11.3. The van der Waals surface area contributed by atoms with Gasteiger partial charge in [0, 0.05) is 11.6 Å². The van der Waals surface area contributed by atoms with E-state index >= 15 is 0 Å². The Bertz CT molecular complexity index is 825. The van der Waals surface area contributed by atoms with Crippen molar-refractivity contribution < 1.29 is 13.2 Å². The maximum atomic E-state index is 12.0. The fraction of sp³-hybridized carbons (Fsp3) is 0.250. The van der Waals surface area contributed by atoms with Crippen LogP contribution in [-0.2, 0) is 15.8 Å². The number of sulfonamides is 1. The van der Waals surface area contributed by atoms with Gasteiger partial charge in [0.05, 0.1) is 15.8 Å². The smallest absolute Gasteiger partial charge is 0.215 e. The third kappa shape index (κ3) is 5.83. The van der Waals surface area contributed by atoms with Gasteiger partial charge in [-0.3, -0.25) is 0 Å². The molecule has 0 bridgehead atoms. The van der Waals surface area contributed by atoms with Gasteiger partial charge in [-0.15, -0.1) is 0 Å². The van der Waals surface area contributed by atoms with E-state index in [1.54, 1.807) is 24.3 Å². The first-order valence-electron chi connectivity index (χ1n) is 7.07. The molecule has 0 saturated heterocycles. The van der Waals surface area contributed by atoms with Crippen molar-refractivity contribution in [2.75, 3.05) is 13.2 Å². The molecule has 0 aliphatic carbocycles. The third-order valence-electron chi connectivity index (χ3n) is 3.18. The number of benzene rings is 2. The van der Waals surface area contributed by atoms with Crippen LogP contribution in [0, 0.1) is 6.92 Å². The number of rotatable bonds is 7. The van der Waals surface area contributed by atoms with Crippen molar-refractivity contribution >= 4 is 44.8 Å². The van der Waals surface area contributed by atoms with Gasteiger partial charge >= 0.3 is 0 Å². The summed E-state index contributed by atoms with van der Waals surface area (Å²) in [7, 11) is -3.49. The van der Waals surface area contributed by atoms with Crippen LogP contribution in [0.15, 0.2) is 36.4 Å². The number of hydrogen-bond donors (Lipinski definition) is 1. The summed E-state index contributed by atoms with van der Waals surface area (Å²) in [5.41, 5.74) is 1.51. The van der Waals surface area contributed by atoms with Crippen LogP contribution in [0.3, 0.4) is 0 Å². The molecule has 4 nitrogen and oxygen atoms in total. The molecule has 0 aliphatic rings. The Labute approximate surface area is 156 Å². The number of hydrogen-bond acceptors (Lipinski definition) is 3. The van der Waals surface area contributed by atoms with E-state index in [1.807, 2.05) is 13.0 Å². The molecule has 1 N–H and O–H groups in total. The number of aryl methyl sites for hydroxylation is 1. The van der Waals surface area contributed by atoms with Crippen LogP contribution in [0.2, 0.25) is 15.1 Å². The van der Waals surface area contributed by atoms with Crippen molar-refractivity contribution in [2.24, 2.45) is 0 Å². The monoisotopic (exact) mass is 407 g/mol. The molecule has 8 heteroatoms. The number of halogens is 3. The quantitative estimate of drug-likeness (QED) is 0.688. The van der Waals surface area contributed by atoms with Crippen molar-refractivity contribution in [1.82, 2.24) is 4.72 Å². The second kappa shape index (κ2) is 8.41. The second-order valence-corrected chi connectivity index (χ2v) is 8.19. The van der Waals surface area contributed by atoms with E-state index in [0.717, 1.165) is 5.56 Å². The molecule has 0 heterocycles. The zero-order valence-corrected chi connectivity index (χ0v) is 15.9. The summed E-state index contributed by atoms with van der Waals surface area (Å²) in [6.07, 6.45) is 0. The molecule has 0 aromatic heterocycles. The fourth-order valence-electron chi connectivity index (χ4n) is 1.93. The Morgan fingerprint density at radius 3 is 2.42 bits per heavy atom. The number of nitrogens with one attached hydrogen (secondary N) is 1. The van der Waals surface area contributed by atoms with E-state index in [4.69, 9.17) is 39.5 Å². The van der Waals surface area contributed by atoms with Crippen LogP contribution < -0.4 is 9.46 Å². The predicted octanol–water partition coefficient (Wildman–Crippen LogP) is 4.45. The Kier molecular flexibility index (Phi) is 6.78. The summed E-state index contributed by atoms with van der Waals surface area (Å²) in [4.78, 5) is 0. The minimum atomic E-state index is -3.49. The maximum Gasteiger partial charge on any atom is 0.215 e. The molecular weight excluding hydrogens is 393 g/mol. The molecule has 0 amide bonds. The minimum Gasteiger partial charge on any atom is -0.492 e. The van der Waals surface area contributed by atoms with Crippen molar-refractivity contribution in [3.63, 3.8) is 0 Å². The molecule has 0 atom stereocenters. The van der Waals surface area contributed by atoms with Gasteiger partial charge < -0.3 is 4.74 Å². The van der Waals surface area contributed by atoms with Crippen LogP contribution in [-0.4, -0.2) is 21.6 Å². The molecule has 0 aliphatic heterocycles. The number of ether oxygens (including phenoxy) is 1. The minimum absolute atomic E-state index is 0.148. The van der Waals surface area contributed by atoms with Gasteiger partial charge in [-0.1, -0.05) is 46.9 Å². The normalized spacial score (nSPS) is 11.5. The predicted molar refractivity (Wildman–Crippen MR) is 98.8 cm³/mol. The van der Waals surface area contributed by atoms with Gasteiger partial charge in [-0.2, -0.15) is 0 Å². The SMILES string of the molecule is Cc1ccc(OCCNS(=O)(=O)Cc2ccc(Cl)c(Cl)c2)cc1Cl. The third-order valence-corrected chi connectivity index (χ3v) is 5.68. The zero-order chi connectivity index (χ0) is 17.7. The molecule has 2 aromatic rings. The van der Waals surface area contributed by atoms with E-state index in [-0.39, 0.29) is 18.9 Å². The summed E-state index contributed by atoms with van der Waals surface area (Å²) in [5.74, 6) is 0.412. The molecule has 0 spiro atoms. The molecule has 0 saturated carbocycles. The first-order valence-corrected chi connectivity index (χ1v) is 9.86. The molecular formula is C16H16Cl3NO3S. The van der Waals surface area contributed by atoms with E-state index in [2.05, 4.69) is 4.72 Å². The highest BCUT2D eigenvalue weighted by Crippen LogP contribution is 2.23. The summed E-state index contributed by atoms with van der Waals surface area (Å²) < 4.78 is 32.0. The Balaban J connectivity index is 1.83. The molecule has 0 radical (unpaired) electrons. The average Bonchev–Trinajstić information content (AvgIpc) is 2.51. The molecule has 24 heavy (non-hydrogen) atoms. The summed E-state index contributed by atoms with van der Waals surface area (Å²) in [5, 5.41) is 1.31. The Hall–Kier alpha value is -0.980. The molecule has 2 aromatic carbocycles. The zero-order valence-electron chi connectivity index (χ0n) is 12.9. The molecule has 0 fully saturated rings. The highest BCUT2D eigenvalue weighted by Gasteiger charge is 2.12. The Morgan fingerprint density at radius 2 is 1.75 bits per heavy atom. The van der Waals surface area contributed by atoms with Crippen molar-refractivity contribution in [1.29, 1.82) is 0 Å². The van der Waals surface area contributed by atoms with Gasteiger partial charge in [0.1, 0.15) is 12.4 Å². The van der Waals surface area contributed by atoms with Gasteiger partial charge in [0.25, 0.3) is 0 Å². The van der Waals surface area contributed by atoms with E-state index in [9.17, 15) is 8.42 Å². The van der Waals surface area contributed by atoms with Crippen LogP contribution in [0.1, 0.15) is 11.1 Å². The van der Waals surface area contributed by atoms with E-state index in [0.29, 0.717) is 26.4 Å². The highest BCUT2D eigenvalue weighted by molar-refractivity contribution is 7.88. The second-order valence-electron chi connectivity index (χ2n) is 5.16. The van der Waals surface area contributed by atoms with Crippen molar-refractivity contribution in [2.45, 2.75) is 12.7 Å². The topological polar surface area (TPSA) is 55.4 Å². The maximum absolute atomic E-state index is 12.0. The van der Waals surface area contributed by atoms with Crippen LogP contribution in [0.4, 0.5) is 0 Å². The molecule has 130 valence electrons. The standard InChI is InChI=1S/C16H16Cl3NO3S/c1-11-2-4-13(9-15(11)18)23-7-6-20-24(21,22)10-12-3-5-14(17)16(19)8-12/h2-5,8-9,20H,6-7,10H2,1H3. The van der Waals surface area contributed by atoms with Gasteiger partial charge in [-0.25, -0.2) is 13.1 Å². The lowest BCUT2D eigenvalue weighted by molar-refractivity contribution is 0.323. The van der Waals surface area contributed by atoms with E-state index in [1.165, 1.54) is 6.07 Å². The van der Waals surface area contributed by atoms with Crippen LogP contribution >= 0.6 is 34.8 Å². The molecule has 0 unspecified atom stereocenters. The summed E-state index contributed by atoms with van der Waals surface area (Å²) >= 11 is 17.7. The van der Waals surface area contributed by atoms with Crippen LogP contribution in [0.25, 0.3) is 0 Å². The first kappa shape index (κ1) is 19.3. The average molecular weight is 409 g/mol. The van der Waals surface area contributed by atoms with Gasteiger partial charge in [0.15, 0.2) is 0 Å². The Morgan fingerprint density at radius 1 is 1.00 bits per heavy atom. The summed E-state index contributed by atoms with van der Waals surface area (Å²) in [6.45, 7) is 2.23. The highest BCUT2D eigenvalue weighted by atomic mass is 35.5.